The van der Waals surface area contributed by atoms with E-state index in [0.717, 1.165) is 16.5 Å². The lowest BCUT2D eigenvalue weighted by Crippen LogP contribution is -2.13. The number of carboxylic acid groups (broad SMARTS) is 1. The second-order valence-electron chi connectivity index (χ2n) is 6.43. The molecule has 0 unspecified atom stereocenters. The fourth-order valence-corrected chi connectivity index (χ4v) is 3.08. The number of nitrogens with one attached hydrogen (secondary N) is 2. The Morgan fingerprint density at radius 2 is 1.93 bits per heavy atom. The summed E-state index contributed by atoms with van der Waals surface area (Å²) in [6.45, 7) is 2.79. The van der Waals surface area contributed by atoms with Crippen LogP contribution in [0.4, 0.5) is 5.69 Å². The molecule has 138 valence electrons. The van der Waals surface area contributed by atoms with E-state index < -0.39 is 5.97 Å². The first-order chi connectivity index (χ1) is 13.0. The van der Waals surface area contributed by atoms with Crippen LogP contribution in [0.2, 0.25) is 0 Å². The van der Waals surface area contributed by atoms with Gasteiger partial charge in [0.2, 0.25) is 0 Å². The number of carboxylic acids is 1. The van der Waals surface area contributed by atoms with Crippen LogP contribution >= 0.6 is 0 Å². The Kier molecular flexibility index (Phi) is 4.19. The van der Waals surface area contributed by atoms with Gasteiger partial charge in [0.05, 0.1) is 13.2 Å². The predicted molar refractivity (Wildman–Crippen MR) is 100.0 cm³/mol. The van der Waals surface area contributed by atoms with Crippen LogP contribution in [-0.4, -0.2) is 35.2 Å². The van der Waals surface area contributed by atoms with Gasteiger partial charge in [0.1, 0.15) is 11.3 Å². The van der Waals surface area contributed by atoms with Gasteiger partial charge in [0, 0.05) is 29.1 Å². The molecule has 1 aromatic heterocycles. The molecule has 1 amide bonds. The van der Waals surface area contributed by atoms with Crippen molar-refractivity contribution in [1.82, 2.24) is 4.98 Å². The summed E-state index contributed by atoms with van der Waals surface area (Å²) in [5, 5.41) is 13.1. The third-order valence-electron chi connectivity index (χ3n) is 4.36. The average Bonchev–Trinajstić information content (AvgIpc) is 2.91. The first kappa shape index (κ1) is 17.0. The molecule has 0 saturated heterocycles. The molecule has 1 aliphatic heterocycles. The van der Waals surface area contributed by atoms with Gasteiger partial charge < -0.3 is 24.9 Å². The van der Waals surface area contributed by atoms with E-state index in [0.29, 0.717) is 36.8 Å². The molecule has 0 spiro atoms. The number of carbonyl (C=O) groups excluding carboxylic acids is 1. The topological polar surface area (TPSA) is 101 Å². The van der Waals surface area contributed by atoms with Gasteiger partial charge in [0.15, 0.2) is 11.5 Å². The first-order valence-corrected chi connectivity index (χ1v) is 8.59. The average molecular weight is 366 g/mol. The lowest BCUT2D eigenvalue weighted by molar-refractivity contribution is 0.0691. The van der Waals surface area contributed by atoms with Crippen LogP contribution in [0.3, 0.4) is 0 Å². The molecule has 0 radical (unpaired) electrons. The largest absolute Gasteiger partial charge is 0.489 e. The minimum atomic E-state index is -1.14. The molecule has 0 atom stereocenters. The zero-order valence-corrected chi connectivity index (χ0v) is 14.7. The van der Waals surface area contributed by atoms with Crippen molar-refractivity contribution in [2.75, 3.05) is 18.5 Å². The summed E-state index contributed by atoms with van der Waals surface area (Å²) in [4.78, 5) is 27.3. The van der Waals surface area contributed by atoms with Gasteiger partial charge in [-0.05, 0) is 31.2 Å². The van der Waals surface area contributed by atoms with Gasteiger partial charge in [-0.15, -0.1) is 0 Å². The number of carbonyl (C=O) groups is 2. The van der Waals surface area contributed by atoms with Crippen LogP contribution in [0.15, 0.2) is 36.4 Å². The highest BCUT2D eigenvalue weighted by atomic mass is 16.5. The van der Waals surface area contributed by atoms with E-state index in [1.165, 1.54) is 6.07 Å². The number of benzene rings is 2. The monoisotopic (exact) mass is 366 g/mol. The maximum atomic E-state index is 12.6. The minimum absolute atomic E-state index is 0.0445. The number of amides is 1. The summed E-state index contributed by atoms with van der Waals surface area (Å²) < 4.78 is 11.1. The molecule has 2 heterocycles. The van der Waals surface area contributed by atoms with Crippen molar-refractivity contribution in [3.05, 3.63) is 53.2 Å². The summed E-state index contributed by atoms with van der Waals surface area (Å²) in [5.41, 5.74) is 2.63. The number of aryl methyl sites for hydroxylation is 1. The highest BCUT2D eigenvalue weighted by Crippen LogP contribution is 2.36. The Labute approximate surface area is 154 Å². The molecule has 3 aromatic rings. The Morgan fingerprint density at radius 1 is 1.11 bits per heavy atom. The van der Waals surface area contributed by atoms with E-state index in [9.17, 15) is 14.7 Å². The summed E-state index contributed by atoms with van der Waals surface area (Å²) in [7, 11) is 0. The summed E-state index contributed by atoms with van der Waals surface area (Å²) in [5.74, 6) is -1.00. The standard InChI is InChI=1S/C20H18N2O5/c1-11-3-4-15-12(7-11)8-16(22-15)19(23)21-13-9-14(20(24)25)18-17(10-13)26-5-2-6-27-18/h3-4,7-10,22H,2,5-6H2,1H3,(H,21,23)(H,24,25). The fraction of sp³-hybridized carbons (Fsp3) is 0.200. The molecule has 27 heavy (non-hydrogen) atoms. The van der Waals surface area contributed by atoms with Crippen LogP contribution < -0.4 is 14.8 Å². The summed E-state index contributed by atoms with van der Waals surface area (Å²) >= 11 is 0. The van der Waals surface area contributed by atoms with E-state index in [-0.39, 0.29) is 17.2 Å². The number of H-pyrrole nitrogens is 1. The molecule has 7 nitrogen and oxygen atoms in total. The zero-order chi connectivity index (χ0) is 19.0. The second kappa shape index (κ2) is 6.68. The summed E-state index contributed by atoms with van der Waals surface area (Å²) in [6, 6.07) is 10.6. The summed E-state index contributed by atoms with van der Waals surface area (Å²) in [6.07, 6.45) is 0.657. The molecular weight excluding hydrogens is 348 g/mol. The lowest BCUT2D eigenvalue weighted by Gasteiger charge is -2.13. The number of aromatic amines is 1. The van der Waals surface area contributed by atoms with Crippen LogP contribution in [0.1, 0.15) is 32.8 Å². The zero-order valence-electron chi connectivity index (χ0n) is 14.7. The van der Waals surface area contributed by atoms with Crippen LogP contribution in [-0.2, 0) is 0 Å². The number of hydrogen-bond donors (Lipinski definition) is 3. The van der Waals surface area contributed by atoms with E-state index >= 15 is 0 Å². The highest BCUT2D eigenvalue weighted by molar-refractivity contribution is 6.06. The normalized spacial score (nSPS) is 13.2. The highest BCUT2D eigenvalue weighted by Gasteiger charge is 2.22. The van der Waals surface area contributed by atoms with Crippen molar-refractivity contribution in [2.45, 2.75) is 13.3 Å². The second-order valence-corrected chi connectivity index (χ2v) is 6.43. The molecule has 7 heteroatoms. The third-order valence-corrected chi connectivity index (χ3v) is 4.36. The van der Waals surface area contributed by atoms with Gasteiger partial charge >= 0.3 is 5.97 Å². The Morgan fingerprint density at radius 3 is 2.74 bits per heavy atom. The van der Waals surface area contributed by atoms with Crippen molar-refractivity contribution in [2.24, 2.45) is 0 Å². The molecule has 0 saturated carbocycles. The number of anilines is 1. The Balaban J connectivity index is 1.66. The van der Waals surface area contributed by atoms with Gasteiger partial charge in [-0.25, -0.2) is 4.79 Å². The van der Waals surface area contributed by atoms with Crippen molar-refractivity contribution in [1.29, 1.82) is 0 Å². The van der Waals surface area contributed by atoms with E-state index in [1.54, 1.807) is 12.1 Å². The number of hydrogen-bond acceptors (Lipinski definition) is 4. The third kappa shape index (κ3) is 3.31. The van der Waals surface area contributed by atoms with E-state index in [1.807, 2.05) is 25.1 Å². The fourth-order valence-electron chi connectivity index (χ4n) is 3.08. The van der Waals surface area contributed by atoms with E-state index in [4.69, 9.17) is 9.47 Å². The first-order valence-electron chi connectivity index (χ1n) is 8.59. The molecule has 2 aromatic carbocycles. The SMILES string of the molecule is Cc1ccc2[nH]c(C(=O)Nc3cc4c(c(C(=O)O)c3)OCCCO4)cc2c1. The molecule has 0 aliphatic carbocycles. The van der Waals surface area contributed by atoms with E-state index in [2.05, 4.69) is 10.3 Å². The van der Waals surface area contributed by atoms with Gasteiger partial charge in [-0.2, -0.15) is 0 Å². The number of rotatable bonds is 3. The quantitative estimate of drug-likeness (QED) is 0.658. The molecule has 4 rings (SSSR count). The molecule has 0 fully saturated rings. The molecular formula is C20H18N2O5. The van der Waals surface area contributed by atoms with Gasteiger partial charge in [-0.1, -0.05) is 11.6 Å². The predicted octanol–water partition coefficient (Wildman–Crippen LogP) is 3.59. The Bertz CT molecular complexity index is 1050. The maximum absolute atomic E-state index is 12.6. The maximum Gasteiger partial charge on any atom is 0.339 e. The minimum Gasteiger partial charge on any atom is -0.489 e. The lowest BCUT2D eigenvalue weighted by atomic mass is 10.1. The van der Waals surface area contributed by atoms with Gasteiger partial charge in [-0.3, -0.25) is 4.79 Å². The number of fused-ring (bicyclic) bond motifs is 2. The number of aromatic nitrogens is 1. The number of aromatic carboxylic acids is 1. The van der Waals surface area contributed by atoms with Crippen molar-refractivity contribution >= 4 is 28.5 Å². The van der Waals surface area contributed by atoms with Crippen LogP contribution in [0.5, 0.6) is 11.5 Å². The smallest absolute Gasteiger partial charge is 0.339 e. The van der Waals surface area contributed by atoms with Crippen LogP contribution in [0.25, 0.3) is 10.9 Å². The van der Waals surface area contributed by atoms with Crippen molar-refractivity contribution in [3.63, 3.8) is 0 Å². The Hall–Kier alpha value is -3.48. The van der Waals surface area contributed by atoms with Crippen molar-refractivity contribution < 1.29 is 24.2 Å². The molecule has 3 N–H and O–H groups in total. The number of ether oxygens (including phenoxy) is 2. The molecule has 0 bridgehead atoms. The van der Waals surface area contributed by atoms with Crippen molar-refractivity contribution in [3.8, 4) is 11.5 Å². The van der Waals surface area contributed by atoms with Crippen LogP contribution in [0, 0.1) is 6.92 Å². The van der Waals surface area contributed by atoms with Gasteiger partial charge in [0.25, 0.3) is 5.91 Å². The molecule has 1 aliphatic rings.